The highest BCUT2D eigenvalue weighted by Crippen LogP contribution is 2.35. The van der Waals surface area contributed by atoms with Gasteiger partial charge in [-0.2, -0.15) is 0 Å². The third kappa shape index (κ3) is 2.88. The van der Waals surface area contributed by atoms with Gasteiger partial charge in [-0.05, 0) is 24.1 Å². The number of carbonyl (C=O) groups excluding carboxylic acids is 1. The van der Waals surface area contributed by atoms with Crippen molar-refractivity contribution in [2.45, 2.75) is 17.4 Å². The minimum Gasteiger partial charge on any atom is -0.345 e. The van der Waals surface area contributed by atoms with Crippen molar-refractivity contribution in [3.8, 4) is 0 Å². The highest BCUT2D eigenvalue weighted by atomic mass is 32.2. The van der Waals surface area contributed by atoms with Crippen molar-refractivity contribution < 1.29 is 4.79 Å². The lowest BCUT2D eigenvalue weighted by Gasteiger charge is -2.25. The molecule has 1 aromatic carbocycles. The highest BCUT2D eigenvalue weighted by molar-refractivity contribution is 7.99. The van der Waals surface area contributed by atoms with E-state index >= 15 is 0 Å². The van der Waals surface area contributed by atoms with Crippen LogP contribution < -0.4 is 10.9 Å². The van der Waals surface area contributed by atoms with Gasteiger partial charge in [0.05, 0.1) is 6.04 Å². The fraction of sp³-hybridized carbons (Fsp3) is 0.250. The Labute approximate surface area is 127 Å². The molecular weight excluding hydrogens is 284 g/mol. The predicted octanol–water partition coefficient (Wildman–Crippen LogP) is 2.35. The van der Waals surface area contributed by atoms with Crippen LogP contribution >= 0.6 is 11.8 Å². The van der Waals surface area contributed by atoms with Crippen molar-refractivity contribution in [1.82, 2.24) is 9.88 Å². The van der Waals surface area contributed by atoms with Gasteiger partial charge in [0, 0.05) is 35.5 Å². The second-order valence-electron chi connectivity index (χ2n) is 5.07. The van der Waals surface area contributed by atoms with Gasteiger partial charge in [-0.3, -0.25) is 9.59 Å². The molecule has 0 saturated heterocycles. The van der Waals surface area contributed by atoms with Gasteiger partial charge in [0.2, 0.25) is 0 Å². The first-order chi connectivity index (χ1) is 10.1. The summed E-state index contributed by atoms with van der Waals surface area (Å²) >= 11 is 1.82. The molecule has 1 aliphatic heterocycles. The Hall–Kier alpha value is -2.01. The van der Waals surface area contributed by atoms with E-state index in [1.165, 1.54) is 15.5 Å². The van der Waals surface area contributed by atoms with E-state index in [1.54, 1.807) is 19.3 Å². The zero-order valence-electron chi connectivity index (χ0n) is 11.7. The molecule has 4 nitrogen and oxygen atoms in total. The Kier molecular flexibility index (Phi) is 3.84. The molecule has 1 aromatic heterocycles. The Bertz CT molecular complexity index is 739. The Balaban J connectivity index is 1.82. The third-order valence-electron chi connectivity index (χ3n) is 3.63. The van der Waals surface area contributed by atoms with Crippen LogP contribution in [-0.4, -0.2) is 16.2 Å². The molecule has 0 unspecified atom stereocenters. The zero-order chi connectivity index (χ0) is 14.8. The van der Waals surface area contributed by atoms with Crippen molar-refractivity contribution in [2.24, 2.45) is 7.05 Å². The van der Waals surface area contributed by atoms with Gasteiger partial charge in [-0.1, -0.05) is 18.2 Å². The molecule has 108 valence electrons. The summed E-state index contributed by atoms with van der Waals surface area (Å²) in [6, 6.07) is 11.2. The van der Waals surface area contributed by atoms with Gasteiger partial charge in [-0.15, -0.1) is 11.8 Å². The lowest BCUT2D eigenvalue weighted by Crippen LogP contribution is -2.31. The fourth-order valence-corrected chi connectivity index (χ4v) is 3.55. The van der Waals surface area contributed by atoms with Crippen LogP contribution in [0.25, 0.3) is 0 Å². The van der Waals surface area contributed by atoms with E-state index in [-0.39, 0.29) is 17.5 Å². The Morgan fingerprint density at radius 2 is 2.14 bits per heavy atom. The monoisotopic (exact) mass is 300 g/mol. The molecule has 5 heteroatoms. The van der Waals surface area contributed by atoms with Crippen molar-refractivity contribution in [2.75, 3.05) is 5.75 Å². The summed E-state index contributed by atoms with van der Waals surface area (Å²) in [5.41, 5.74) is 1.39. The Morgan fingerprint density at radius 1 is 1.33 bits per heavy atom. The number of aromatic nitrogens is 1. The molecule has 0 fully saturated rings. The molecule has 1 atom stereocenters. The van der Waals surface area contributed by atoms with Gasteiger partial charge in [0.15, 0.2) is 0 Å². The molecule has 0 radical (unpaired) electrons. The molecule has 2 heterocycles. The molecule has 21 heavy (non-hydrogen) atoms. The topological polar surface area (TPSA) is 51.1 Å². The maximum atomic E-state index is 12.3. The highest BCUT2D eigenvalue weighted by Gasteiger charge is 2.22. The van der Waals surface area contributed by atoms with Crippen molar-refractivity contribution in [3.05, 3.63) is 64.1 Å². The number of amides is 1. The van der Waals surface area contributed by atoms with E-state index < -0.39 is 0 Å². The number of benzene rings is 1. The largest absolute Gasteiger partial charge is 0.345 e. The van der Waals surface area contributed by atoms with Crippen LogP contribution in [0.4, 0.5) is 0 Å². The van der Waals surface area contributed by atoms with Gasteiger partial charge in [0.1, 0.15) is 0 Å². The van der Waals surface area contributed by atoms with Gasteiger partial charge in [0.25, 0.3) is 11.5 Å². The predicted molar refractivity (Wildman–Crippen MR) is 83.7 cm³/mol. The molecule has 0 bridgehead atoms. The number of nitrogens with zero attached hydrogens (tertiary/aromatic N) is 1. The molecule has 0 aliphatic carbocycles. The third-order valence-corrected chi connectivity index (χ3v) is 4.75. The maximum Gasteiger partial charge on any atom is 0.252 e. The summed E-state index contributed by atoms with van der Waals surface area (Å²) in [5, 5.41) is 3.04. The molecule has 2 aromatic rings. The molecule has 3 rings (SSSR count). The normalized spacial score (nSPS) is 17.1. The van der Waals surface area contributed by atoms with Crippen molar-refractivity contribution >= 4 is 17.7 Å². The van der Waals surface area contributed by atoms with Crippen LogP contribution in [0, 0.1) is 0 Å². The van der Waals surface area contributed by atoms with Crippen LogP contribution in [0.3, 0.4) is 0 Å². The molecular formula is C16H16N2O2S. The molecule has 0 saturated carbocycles. The van der Waals surface area contributed by atoms with Gasteiger partial charge in [-0.25, -0.2) is 0 Å². The average Bonchev–Trinajstić information content (AvgIpc) is 2.50. The van der Waals surface area contributed by atoms with E-state index in [2.05, 4.69) is 17.4 Å². The van der Waals surface area contributed by atoms with Gasteiger partial charge < -0.3 is 9.88 Å². The standard InChI is InChI=1S/C16H16N2O2S/c1-18-8-6-11(10-15(18)19)16(20)17-13-7-9-21-14-5-3-2-4-12(13)14/h2-6,8,10,13H,7,9H2,1H3,(H,17,20)/t13-/m1/s1. The van der Waals surface area contributed by atoms with Crippen LogP contribution in [0.5, 0.6) is 0 Å². The minimum absolute atomic E-state index is 0.0130. The summed E-state index contributed by atoms with van der Waals surface area (Å²) in [7, 11) is 1.67. The van der Waals surface area contributed by atoms with Crippen LogP contribution in [0.15, 0.2) is 52.3 Å². The lowest BCUT2D eigenvalue weighted by atomic mass is 10.0. The first kappa shape index (κ1) is 13.9. The van der Waals surface area contributed by atoms with E-state index in [1.807, 2.05) is 23.9 Å². The SMILES string of the molecule is Cn1ccc(C(=O)N[C@@H]2CCSc3ccccc32)cc1=O. The summed E-state index contributed by atoms with van der Waals surface area (Å²) in [5.74, 6) is 0.790. The van der Waals surface area contributed by atoms with Crippen LogP contribution in [0.1, 0.15) is 28.4 Å². The van der Waals surface area contributed by atoms with E-state index in [0.717, 1.165) is 17.7 Å². The molecule has 1 N–H and O–H groups in total. The minimum atomic E-state index is -0.195. The van der Waals surface area contributed by atoms with Crippen molar-refractivity contribution in [3.63, 3.8) is 0 Å². The van der Waals surface area contributed by atoms with E-state index in [4.69, 9.17) is 0 Å². The number of carbonyl (C=O) groups is 1. The summed E-state index contributed by atoms with van der Waals surface area (Å²) < 4.78 is 1.45. The first-order valence-electron chi connectivity index (χ1n) is 6.84. The smallest absolute Gasteiger partial charge is 0.252 e. The van der Waals surface area contributed by atoms with E-state index in [0.29, 0.717) is 5.56 Å². The zero-order valence-corrected chi connectivity index (χ0v) is 12.5. The number of fused-ring (bicyclic) bond motifs is 1. The number of nitrogens with one attached hydrogen (secondary N) is 1. The van der Waals surface area contributed by atoms with Gasteiger partial charge >= 0.3 is 0 Å². The van der Waals surface area contributed by atoms with Crippen LogP contribution in [-0.2, 0) is 7.05 Å². The molecule has 0 spiro atoms. The Morgan fingerprint density at radius 3 is 2.95 bits per heavy atom. The van der Waals surface area contributed by atoms with Crippen molar-refractivity contribution in [1.29, 1.82) is 0 Å². The number of aryl methyl sites for hydroxylation is 1. The summed E-state index contributed by atoms with van der Waals surface area (Å²) in [6.45, 7) is 0. The second-order valence-corrected chi connectivity index (χ2v) is 6.20. The second kappa shape index (κ2) is 5.77. The quantitative estimate of drug-likeness (QED) is 0.926. The first-order valence-corrected chi connectivity index (χ1v) is 7.83. The maximum absolute atomic E-state index is 12.3. The van der Waals surface area contributed by atoms with Crippen LogP contribution in [0.2, 0.25) is 0 Å². The fourth-order valence-electron chi connectivity index (χ4n) is 2.42. The number of pyridine rings is 1. The number of thioether (sulfide) groups is 1. The average molecular weight is 300 g/mol. The summed E-state index contributed by atoms with van der Waals surface area (Å²) in [4.78, 5) is 25.2. The number of rotatable bonds is 2. The number of hydrogen-bond donors (Lipinski definition) is 1. The van der Waals surface area contributed by atoms with E-state index in [9.17, 15) is 9.59 Å². The lowest BCUT2D eigenvalue weighted by molar-refractivity contribution is 0.0934. The summed E-state index contributed by atoms with van der Waals surface area (Å²) in [6.07, 6.45) is 2.51. The molecule has 1 amide bonds. The molecule has 1 aliphatic rings. The number of hydrogen-bond acceptors (Lipinski definition) is 3.